The molecular formula is C7H10IN3O2. The zero-order valence-corrected chi connectivity index (χ0v) is 9.30. The standard InChI is InChI=1S/C7H10IN3O2/c1-4-2-5(9-8)6-3-10(4)7(12)11(6)13/h4,6,13H,2-3H2,1H3/b9-5-. The van der Waals surface area contributed by atoms with Crippen molar-refractivity contribution in [1.29, 1.82) is 0 Å². The molecule has 13 heavy (non-hydrogen) atoms. The number of urea groups is 1. The van der Waals surface area contributed by atoms with Crippen LogP contribution in [-0.2, 0) is 0 Å². The van der Waals surface area contributed by atoms with Gasteiger partial charge in [-0.3, -0.25) is 5.21 Å². The van der Waals surface area contributed by atoms with Crippen LogP contribution in [0, 0.1) is 0 Å². The SMILES string of the molecule is CC1C/C(=N/I)C2CN1C(=O)N2O. The van der Waals surface area contributed by atoms with E-state index in [0.717, 1.165) is 17.2 Å². The van der Waals surface area contributed by atoms with E-state index in [-0.39, 0.29) is 18.1 Å². The number of hydroxylamine groups is 2. The van der Waals surface area contributed by atoms with Crippen LogP contribution < -0.4 is 0 Å². The molecule has 2 aliphatic heterocycles. The molecule has 2 aliphatic rings. The number of halogens is 1. The van der Waals surface area contributed by atoms with Crippen molar-refractivity contribution in [3.8, 4) is 0 Å². The van der Waals surface area contributed by atoms with Gasteiger partial charge in [-0.25, -0.2) is 8.00 Å². The van der Waals surface area contributed by atoms with Crippen molar-refractivity contribution in [3.05, 3.63) is 0 Å². The van der Waals surface area contributed by atoms with Gasteiger partial charge in [0.25, 0.3) is 0 Å². The van der Waals surface area contributed by atoms with E-state index in [0.29, 0.717) is 6.54 Å². The number of rotatable bonds is 0. The normalized spacial score (nSPS) is 36.2. The Balaban J connectivity index is 2.33. The zero-order valence-electron chi connectivity index (χ0n) is 7.14. The van der Waals surface area contributed by atoms with Gasteiger partial charge in [-0.1, -0.05) is 0 Å². The van der Waals surface area contributed by atoms with E-state index in [1.165, 1.54) is 0 Å². The second-order valence-electron chi connectivity index (χ2n) is 3.42. The van der Waals surface area contributed by atoms with Crippen molar-refractivity contribution in [2.24, 2.45) is 3.21 Å². The predicted molar refractivity (Wildman–Crippen MR) is 55.0 cm³/mol. The molecule has 0 saturated carbocycles. The summed E-state index contributed by atoms with van der Waals surface area (Å²) in [7, 11) is 0. The van der Waals surface area contributed by atoms with Crippen molar-refractivity contribution >= 4 is 34.6 Å². The third-order valence-electron chi connectivity index (χ3n) is 2.64. The summed E-state index contributed by atoms with van der Waals surface area (Å²) in [6, 6.07) is -0.373. The molecule has 1 N–H and O–H groups in total. The van der Waals surface area contributed by atoms with Crippen LogP contribution in [-0.4, -0.2) is 45.5 Å². The fourth-order valence-corrected chi connectivity index (χ4v) is 2.38. The molecule has 2 atom stereocenters. The molecule has 6 heteroatoms. The molecule has 2 unspecified atom stereocenters. The van der Waals surface area contributed by atoms with Gasteiger partial charge in [-0.15, -0.1) is 0 Å². The number of nitrogens with zero attached hydrogens (tertiary/aromatic N) is 3. The third-order valence-corrected chi connectivity index (χ3v) is 3.26. The summed E-state index contributed by atoms with van der Waals surface area (Å²) in [5.41, 5.74) is 0.901. The molecule has 2 bridgehead atoms. The Morgan fingerprint density at radius 1 is 1.69 bits per heavy atom. The van der Waals surface area contributed by atoms with Gasteiger partial charge in [0.2, 0.25) is 0 Å². The summed E-state index contributed by atoms with van der Waals surface area (Å²) < 4.78 is 4.07. The van der Waals surface area contributed by atoms with Crippen LogP contribution in [0.5, 0.6) is 0 Å². The molecule has 0 aliphatic carbocycles. The zero-order chi connectivity index (χ0) is 9.59. The maximum Gasteiger partial charge on any atom is 0.344 e. The van der Waals surface area contributed by atoms with Gasteiger partial charge in [-0.2, -0.15) is 5.06 Å². The summed E-state index contributed by atoms with van der Waals surface area (Å²) in [4.78, 5) is 13.1. The summed E-state index contributed by atoms with van der Waals surface area (Å²) >= 11 is 1.91. The lowest BCUT2D eigenvalue weighted by Gasteiger charge is -2.27. The molecule has 0 radical (unpaired) electrons. The first-order valence-electron chi connectivity index (χ1n) is 4.11. The molecule has 2 rings (SSSR count). The van der Waals surface area contributed by atoms with Crippen molar-refractivity contribution in [1.82, 2.24) is 9.96 Å². The second kappa shape index (κ2) is 3.09. The minimum Gasteiger partial charge on any atom is -0.317 e. The smallest absolute Gasteiger partial charge is 0.317 e. The molecular weight excluding hydrogens is 285 g/mol. The van der Waals surface area contributed by atoms with Crippen molar-refractivity contribution in [3.63, 3.8) is 0 Å². The minimum atomic E-state index is -0.299. The van der Waals surface area contributed by atoms with Crippen LogP contribution in [0.2, 0.25) is 0 Å². The van der Waals surface area contributed by atoms with E-state index in [1.54, 1.807) is 4.90 Å². The first-order chi connectivity index (χ1) is 6.15. The largest absolute Gasteiger partial charge is 0.344 e. The number of piperidine rings is 1. The number of fused-ring (bicyclic) bond motifs is 2. The predicted octanol–water partition coefficient (Wildman–Crippen LogP) is 1.06. The number of hydrogen-bond acceptors (Lipinski definition) is 3. The van der Waals surface area contributed by atoms with Gasteiger partial charge >= 0.3 is 6.03 Å². The highest BCUT2D eigenvalue weighted by Gasteiger charge is 2.46. The van der Waals surface area contributed by atoms with Crippen LogP contribution in [0.1, 0.15) is 13.3 Å². The van der Waals surface area contributed by atoms with E-state index >= 15 is 0 Å². The summed E-state index contributed by atoms with van der Waals surface area (Å²) in [6.07, 6.45) is 0.760. The van der Waals surface area contributed by atoms with Gasteiger partial charge in [0.15, 0.2) is 0 Å². The molecule has 0 aromatic heterocycles. The molecule has 5 nitrogen and oxygen atoms in total. The first-order valence-corrected chi connectivity index (χ1v) is 5.08. The van der Waals surface area contributed by atoms with E-state index < -0.39 is 0 Å². The summed E-state index contributed by atoms with van der Waals surface area (Å²) in [5.74, 6) is 0. The van der Waals surface area contributed by atoms with Crippen LogP contribution in [0.15, 0.2) is 3.21 Å². The minimum absolute atomic E-state index is 0.148. The third kappa shape index (κ3) is 1.23. The van der Waals surface area contributed by atoms with Gasteiger partial charge in [0.05, 0.1) is 35.1 Å². The molecule has 0 spiro atoms. The Bertz CT molecular complexity index is 281. The van der Waals surface area contributed by atoms with Crippen LogP contribution in [0.3, 0.4) is 0 Å². The number of hydrogen-bond donors (Lipinski definition) is 1. The quantitative estimate of drug-likeness (QED) is 0.537. The highest BCUT2D eigenvalue weighted by Crippen LogP contribution is 2.27. The topological polar surface area (TPSA) is 56.1 Å². The lowest BCUT2D eigenvalue weighted by molar-refractivity contribution is -0.0402. The monoisotopic (exact) mass is 295 g/mol. The summed E-state index contributed by atoms with van der Waals surface area (Å²) in [6.45, 7) is 2.54. The Labute approximate surface area is 89.9 Å². The molecule has 2 saturated heterocycles. The number of carbonyl (C=O) groups is 1. The number of amides is 2. The summed E-state index contributed by atoms with van der Waals surface area (Å²) in [5, 5.41) is 10.2. The molecule has 2 amide bonds. The van der Waals surface area contributed by atoms with Crippen LogP contribution in [0.25, 0.3) is 0 Å². The van der Waals surface area contributed by atoms with Crippen LogP contribution in [0.4, 0.5) is 4.79 Å². The Morgan fingerprint density at radius 3 is 3.00 bits per heavy atom. The van der Waals surface area contributed by atoms with E-state index in [2.05, 4.69) is 3.21 Å². The van der Waals surface area contributed by atoms with E-state index in [9.17, 15) is 10.0 Å². The average Bonchev–Trinajstić information content (AvgIpc) is 2.38. The maximum absolute atomic E-state index is 11.4. The van der Waals surface area contributed by atoms with E-state index in [4.69, 9.17) is 0 Å². The van der Waals surface area contributed by atoms with Crippen LogP contribution >= 0.6 is 22.9 Å². The Hall–Kier alpha value is -0.370. The highest BCUT2D eigenvalue weighted by atomic mass is 127. The van der Waals surface area contributed by atoms with Gasteiger partial charge < -0.3 is 4.90 Å². The molecule has 0 aromatic carbocycles. The molecule has 0 aromatic rings. The lowest BCUT2D eigenvalue weighted by atomic mass is 10.0. The first kappa shape index (κ1) is 9.20. The van der Waals surface area contributed by atoms with Crippen molar-refractivity contribution in [2.45, 2.75) is 25.4 Å². The fraction of sp³-hybridized carbons (Fsp3) is 0.714. The lowest BCUT2D eigenvalue weighted by Crippen LogP contribution is -2.43. The fourth-order valence-electron chi connectivity index (χ4n) is 1.86. The molecule has 72 valence electrons. The molecule has 2 heterocycles. The van der Waals surface area contributed by atoms with Gasteiger partial charge in [0.1, 0.15) is 6.04 Å². The maximum atomic E-state index is 11.4. The average molecular weight is 295 g/mol. The van der Waals surface area contributed by atoms with Gasteiger partial charge in [0, 0.05) is 12.5 Å². The van der Waals surface area contributed by atoms with Gasteiger partial charge in [-0.05, 0) is 6.92 Å². The Kier molecular flexibility index (Phi) is 2.18. The van der Waals surface area contributed by atoms with Crippen molar-refractivity contribution in [2.75, 3.05) is 6.54 Å². The highest BCUT2D eigenvalue weighted by molar-refractivity contribution is 14.1. The number of carbonyl (C=O) groups excluding carboxylic acids is 1. The van der Waals surface area contributed by atoms with E-state index in [1.807, 2.05) is 29.8 Å². The second-order valence-corrected chi connectivity index (χ2v) is 3.91. The molecule has 2 fully saturated rings. The van der Waals surface area contributed by atoms with Crippen molar-refractivity contribution < 1.29 is 10.0 Å². The Morgan fingerprint density at radius 2 is 2.38 bits per heavy atom.